The Labute approximate surface area is 129 Å². The summed E-state index contributed by atoms with van der Waals surface area (Å²) in [5, 5.41) is 9.37. The lowest BCUT2D eigenvalue weighted by Gasteiger charge is -2.16. The maximum atomic E-state index is 3.64. The van der Waals surface area contributed by atoms with Gasteiger partial charge in [-0.15, -0.1) is 22.7 Å². The van der Waals surface area contributed by atoms with Gasteiger partial charge in [-0.1, -0.05) is 25.1 Å². The van der Waals surface area contributed by atoms with E-state index in [0.29, 0.717) is 6.04 Å². The molecule has 3 rings (SSSR count). The molecule has 4 heteroatoms. The molecule has 1 aromatic carbocycles. The van der Waals surface area contributed by atoms with Crippen LogP contribution in [0.3, 0.4) is 0 Å². The van der Waals surface area contributed by atoms with Crippen molar-refractivity contribution in [1.29, 1.82) is 0 Å². The Bertz CT molecular complexity index is 673. The van der Waals surface area contributed by atoms with E-state index in [1.807, 2.05) is 22.7 Å². The second-order valence-electron chi connectivity index (χ2n) is 4.31. The van der Waals surface area contributed by atoms with Crippen molar-refractivity contribution in [3.63, 3.8) is 0 Å². The van der Waals surface area contributed by atoms with Crippen molar-refractivity contribution in [3.8, 4) is 0 Å². The highest BCUT2D eigenvalue weighted by Crippen LogP contribution is 2.38. The molecule has 3 aromatic rings. The number of thiophene rings is 2. The van der Waals surface area contributed by atoms with E-state index >= 15 is 0 Å². The average molecular weight is 352 g/mol. The summed E-state index contributed by atoms with van der Waals surface area (Å²) in [7, 11) is 0. The SMILES string of the molecule is CCNC(c1cccs1)c1csc2c(Br)cccc12. The lowest BCUT2D eigenvalue weighted by atomic mass is 10.0. The normalized spacial score (nSPS) is 12.9. The van der Waals surface area contributed by atoms with Crippen molar-refractivity contribution < 1.29 is 0 Å². The quantitative estimate of drug-likeness (QED) is 0.661. The third-order valence-corrected chi connectivity index (χ3v) is 6.04. The maximum Gasteiger partial charge on any atom is 0.0685 e. The van der Waals surface area contributed by atoms with Gasteiger partial charge in [-0.05, 0) is 56.3 Å². The van der Waals surface area contributed by atoms with Crippen LogP contribution in [0.25, 0.3) is 10.1 Å². The van der Waals surface area contributed by atoms with Crippen molar-refractivity contribution in [2.45, 2.75) is 13.0 Å². The molecule has 0 aliphatic heterocycles. The van der Waals surface area contributed by atoms with Gasteiger partial charge in [0.05, 0.1) is 6.04 Å². The van der Waals surface area contributed by atoms with Crippen molar-refractivity contribution in [2.24, 2.45) is 0 Å². The van der Waals surface area contributed by atoms with E-state index in [1.165, 1.54) is 25.0 Å². The smallest absolute Gasteiger partial charge is 0.0685 e. The van der Waals surface area contributed by atoms with Gasteiger partial charge in [0.15, 0.2) is 0 Å². The van der Waals surface area contributed by atoms with Crippen LogP contribution in [0.4, 0.5) is 0 Å². The van der Waals surface area contributed by atoms with Crippen LogP contribution >= 0.6 is 38.6 Å². The molecule has 1 unspecified atom stereocenters. The molecule has 2 aromatic heterocycles. The summed E-state index contributed by atoms with van der Waals surface area (Å²) in [6, 6.07) is 11.1. The second-order valence-corrected chi connectivity index (χ2v) is 7.03. The van der Waals surface area contributed by atoms with Crippen molar-refractivity contribution in [3.05, 3.63) is 56.0 Å². The number of rotatable bonds is 4. The number of fused-ring (bicyclic) bond motifs is 1. The monoisotopic (exact) mass is 351 g/mol. The number of hydrogen-bond donors (Lipinski definition) is 1. The van der Waals surface area contributed by atoms with Crippen LogP contribution in [0.15, 0.2) is 45.6 Å². The van der Waals surface area contributed by atoms with E-state index in [2.05, 4.69) is 69.3 Å². The Morgan fingerprint density at radius 2 is 2.11 bits per heavy atom. The highest BCUT2D eigenvalue weighted by molar-refractivity contribution is 9.10. The molecule has 0 saturated carbocycles. The molecule has 98 valence electrons. The Hall–Kier alpha value is -0.680. The Morgan fingerprint density at radius 1 is 1.21 bits per heavy atom. The van der Waals surface area contributed by atoms with E-state index in [1.54, 1.807) is 0 Å². The summed E-state index contributed by atoms with van der Waals surface area (Å²) >= 11 is 7.26. The first kappa shape index (κ1) is 13.3. The lowest BCUT2D eigenvalue weighted by Crippen LogP contribution is -2.20. The van der Waals surface area contributed by atoms with Gasteiger partial charge < -0.3 is 5.32 Å². The molecule has 0 aliphatic rings. The third-order valence-electron chi connectivity index (χ3n) is 3.13. The Morgan fingerprint density at radius 3 is 2.84 bits per heavy atom. The van der Waals surface area contributed by atoms with Crippen LogP contribution in [0.5, 0.6) is 0 Å². The highest BCUT2D eigenvalue weighted by Gasteiger charge is 2.18. The van der Waals surface area contributed by atoms with Crippen molar-refractivity contribution in [1.82, 2.24) is 5.32 Å². The molecule has 0 saturated heterocycles. The van der Waals surface area contributed by atoms with Crippen LogP contribution in [0.1, 0.15) is 23.4 Å². The summed E-state index contributed by atoms with van der Waals surface area (Å²) in [5.74, 6) is 0. The van der Waals surface area contributed by atoms with Crippen LogP contribution in [0.2, 0.25) is 0 Å². The Balaban J connectivity index is 2.13. The van der Waals surface area contributed by atoms with Gasteiger partial charge in [-0.25, -0.2) is 0 Å². The van der Waals surface area contributed by atoms with E-state index in [-0.39, 0.29) is 0 Å². The van der Waals surface area contributed by atoms with Crippen molar-refractivity contribution >= 4 is 48.7 Å². The molecule has 2 heterocycles. The fourth-order valence-corrected chi connectivity index (χ4v) is 4.75. The number of benzene rings is 1. The highest BCUT2D eigenvalue weighted by atomic mass is 79.9. The largest absolute Gasteiger partial charge is 0.306 e. The zero-order valence-electron chi connectivity index (χ0n) is 10.5. The predicted molar refractivity (Wildman–Crippen MR) is 89.4 cm³/mol. The Kier molecular flexibility index (Phi) is 4.03. The number of nitrogens with one attached hydrogen (secondary N) is 1. The zero-order chi connectivity index (χ0) is 13.2. The molecule has 1 N–H and O–H groups in total. The van der Waals surface area contributed by atoms with E-state index in [9.17, 15) is 0 Å². The first-order valence-electron chi connectivity index (χ1n) is 6.23. The molecule has 1 atom stereocenters. The minimum absolute atomic E-state index is 0.299. The molecule has 1 nitrogen and oxygen atoms in total. The summed E-state index contributed by atoms with van der Waals surface area (Å²) < 4.78 is 2.51. The molecule has 19 heavy (non-hydrogen) atoms. The molecule has 0 radical (unpaired) electrons. The molecule has 0 aliphatic carbocycles. The van der Waals surface area contributed by atoms with Gasteiger partial charge in [-0.2, -0.15) is 0 Å². The fourth-order valence-electron chi connectivity index (χ4n) is 2.29. The minimum atomic E-state index is 0.299. The van der Waals surface area contributed by atoms with Crippen molar-refractivity contribution in [2.75, 3.05) is 6.54 Å². The molecule has 0 spiro atoms. The predicted octanol–water partition coefficient (Wildman–Crippen LogP) is 5.42. The van der Waals surface area contributed by atoms with Gasteiger partial charge in [0.1, 0.15) is 0 Å². The number of halogens is 1. The molecule has 0 fully saturated rings. The summed E-state index contributed by atoms with van der Waals surface area (Å²) in [5.41, 5.74) is 1.38. The molecular formula is C15H14BrNS2. The van der Waals surface area contributed by atoms with Gasteiger partial charge in [0.2, 0.25) is 0 Å². The minimum Gasteiger partial charge on any atom is -0.306 e. The van der Waals surface area contributed by atoms with Crippen LogP contribution in [0, 0.1) is 0 Å². The van der Waals surface area contributed by atoms with Crippen LogP contribution in [-0.4, -0.2) is 6.54 Å². The maximum absolute atomic E-state index is 3.64. The van der Waals surface area contributed by atoms with Gasteiger partial charge >= 0.3 is 0 Å². The third kappa shape index (κ3) is 2.50. The number of hydrogen-bond acceptors (Lipinski definition) is 3. The summed E-state index contributed by atoms with van der Waals surface area (Å²) in [6.45, 7) is 3.12. The first-order valence-corrected chi connectivity index (χ1v) is 8.79. The molecule has 0 amide bonds. The molecular weight excluding hydrogens is 338 g/mol. The molecule has 0 bridgehead atoms. The summed E-state index contributed by atoms with van der Waals surface area (Å²) in [4.78, 5) is 1.38. The van der Waals surface area contributed by atoms with Crippen LogP contribution < -0.4 is 5.32 Å². The lowest BCUT2D eigenvalue weighted by molar-refractivity contribution is 0.645. The van der Waals surface area contributed by atoms with Gasteiger partial charge in [-0.3, -0.25) is 0 Å². The zero-order valence-corrected chi connectivity index (χ0v) is 13.7. The van der Waals surface area contributed by atoms with E-state index in [0.717, 1.165) is 6.54 Å². The van der Waals surface area contributed by atoms with Gasteiger partial charge in [0, 0.05) is 14.0 Å². The first-order chi connectivity index (χ1) is 9.31. The topological polar surface area (TPSA) is 12.0 Å². The van der Waals surface area contributed by atoms with E-state index in [4.69, 9.17) is 0 Å². The summed E-state index contributed by atoms with van der Waals surface area (Å²) in [6.07, 6.45) is 0. The van der Waals surface area contributed by atoms with Gasteiger partial charge in [0.25, 0.3) is 0 Å². The fraction of sp³-hybridized carbons (Fsp3) is 0.200. The van der Waals surface area contributed by atoms with E-state index < -0.39 is 0 Å². The standard InChI is InChI=1S/C15H14BrNS2/c1-2-17-14(13-7-4-8-18-13)11-9-19-15-10(11)5-3-6-12(15)16/h3-9,14,17H,2H2,1H3. The van der Waals surface area contributed by atoms with Crippen LogP contribution in [-0.2, 0) is 0 Å². The average Bonchev–Trinajstić information content (AvgIpc) is 3.06. The second kappa shape index (κ2) is 5.75.